The molecule has 2 aromatic rings. The van der Waals surface area contributed by atoms with Crippen LogP contribution < -0.4 is 0 Å². The molecule has 1 saturated heterocycles. The number of hydrogen-bond acceptors (Lipinski definition) is 2. The molecular weight excluding hydrogens is 291 g/mol. The highest BCUT2D eigenvalue weighted by atomic mass is 35.5. The fourth-order valence-electron chi connectivity index (χ4n) is 2.15. The number of benzene rings is 1. The maximum Gasteiger partial charge on any atom is 0.324 e. The van der Waals surface area contributed by atoms with E-state index in [9.17, 15) is 13.2 Å². The molecule has 0 bridgehead atoms. The molecule has 2 heterocycles. The molecule has 0 radical (unpaired) electrons. The number of hydrogen-bond donors (Lipinski definition) is 0. The zero-order valence-corrected chi connectivity index (χ0v) is 10.9. The molecule has 104 valence electrons. The Morgan fingerprint density at radius 1 is 1.25 bits per heavy atom. The second kappa shape index (κ2) is 4.46. The fourth-order valence-corrected chi connectivity index (χ4v) is 2.31. The van der Waals surface area contributed by atoms with Gasteiger partial charge in [-0.1, -0.05) is 23.7 Å². The van der Waals surface area contributed by atoms with Crippen LogP contribution >= 0.6 is 11.6 Å². The zero-order chi connectivity index (χ0) is 14.4. The van der Waals surface area contributed by atoms with Crippen LogP contribution in [0, 0.1) is 5.82 Å². The van der Waals surface area contributed by atoms with Gasteiger partial charge in [-0.15, -0.1) is 0 Å². The van der Waals surface area contributed by atoms with Gasteiger partial charge in [0.1, 0.15) is 11.5 Å². The second-order valence-corrected chi connectivity index (χ2v) is 4.97. The van der Waals surface area contributed by atoms with Gasteiger partial charge in [0.25, 0.3) is 0 Å². The van der Waals surface area contributed by atoms with Gasteiger partial charge in [0.2, 0.25) is 0 Å². The Hall–Kier alpha value is -1.59. The topological polar surface area (TPSA) is 25.4 Å². The number of ether oxygens (including phenoxy) is 1. The van der Waals surface area contributed by atoms with Crippen molar-refractivity contribution < 1.29 is 17.9 Å². The molecule has 20 heavy (non-hydrogen) atoms. The van der Waals surface area contributed by atoms with Crippen LogP contribution in [-0.4, -0.2) is 11.6 Å². The molecule has 1 aliphatic heterocycles. The van der Waals surface area contributed by atoms with E-state index in [4.69, 9.17) is 16.3 Å². The van der Waals surface area contributed by atoms with E-state index < -0.39 is 23.0 Å². The highest BCUT2D eigenvalue weighted by Gasteiger charge is 2.68. The Kier molecular flexibility index (Phi) is 2.99. The Balaban J connectivity index is 2.08. The third kappa shape index (κ3) is 1.89. The van der Waals surface area contributed by atoms with Crippen LogP contribution in [0.5, 0.6) is 0 Å². The molecule has 1 aliphatic rings. The molecule has 1 aromatic heterocycles. The second-order valence-electron chi connectivity index (χ2n) is 4.53. The van der Waals surface area contributed by atoms with E-state index in [0.717, 1.165) is 6.07 Å². The van der Waals surface area contributed by atoms with E-state index in [1.54, 1.807) is 0 Å². The number of aromatic nitrogens is 1. The van der Waals surface area contributed by atoms with Crippen LogP contribution in [0.2, 0.25) is 5.02 Å². The smallest absolute Gasteiger partial charge is 0.324 e. The normalized spacial score (nSPS) is 21.8. The van der Waals surface area contributed by atoms with E-state index in [2.05, 4.69) is 4.98 Å². The summed E-state index contributed by atoms with van der Waals surface area (Å²) in [5.41, 5.74) is -2.67. The van der Waals surface area contributed by atoms with Crippen LogP contribution in [-0.2, 0) is 16.3 Å². The third-order valence-corrected chi connectivity index (χ3v) is 3.53. The van der Waals surface area contributed by atoms with Crippen LogP contribution in [0.1, 0.15) is 11.3 Å². The summed E-state index contributed by atoms with van der Waals surface area (Å²) in [4.78, 5) is 3.65. The van der Waals surface area contributed by atoms with E-state index in [1.807, 2.05) is 0 Å². The Bertz CT molecular complexity index is 644. The van der Waals surface area contributed by atoms with Gasteiger partial charge in [-0.25, -0.2) is 4.39 Å². The monoisotopic (exact) mass is 299 g/mol. The summed E-state index contributed by atoms with van der Waals surface area (Å²) in [6.07, 6.45) is 1.26. The lowest BCUT2D eigenvalue weighted by molar-refractivity contribution is -0.0901. The van der Waals surface area contributed by atoms with Gasteiger partial charge in [0, 0.05) is 16.8 Å². The highest BCUT2D eigenvalue weighted by molar-refractivity contribution is 6.30. The van der Waals surface area contributed by atoms with Crippen molar-refractivity contribution in [3.05, 3.63) is 64.7 Å². The third-order valence-electron chi connectivity index (χ3n) is 3.29. The molecule has 2 nitrogen and oxygen atoms in total. The minimum atomic E-state index is -3.43. The summed E-state index contributed by atoms with van der Waals surface area (Å²) in [6.45, 7) is -0.269. The van der Waals surface area contributed by atoms with Crippen molar-refractivity contribution in [3.8, 4) is 0 Å². The first-order valence-corrected chi connectivity index (χ1v) is 6.24. The van der Waals surface area contributed by atoms with Crippen LogP contribution in [0.15, 0.2) is 42.6 Å². The van der Waals surface area contributed by atoms with Crippen molar-refractivity contribution in [1.29, 1.82) is 0 Å². The Morgan fingerprint density at radius 2 is 2.00 bits per heavy atom. The first kappa shape index (κ1) is 13.4. The molecule has 1 atom stereocenters. The Labute approximate surface area is 118 Å². The van der Waals surface area contributed by atoms with Crippen molar-refractivity contribution in [2.24, 2.45) is 0 Å². The largest absolute Gasteiger partial charge is 0.357 e. The minimum absolute atomic E-state index is 0.142. The molecule has 3 rings (SSSR count). The Morgan fingerprint density at radius 3 is 2.55 bits per heavy atom. The summed E-state index contributed by atoms with van der Waals surface area (Å²) in [6, 6.07) is 7.75. The maximum atomic E-state index is 14.6. The van der Waals surface area contributed by atoms with E-state index in [0.29, 0.717) is 0 Å². The average molecular weight is 300 g/mol. The lowest BCUT2D eigenvalue weighted by Gasteiger charge is -2.24. The van der Waals surface area contributed by atoms with E-state index in [-0.39, 0.29) is 17.2 Å². The van der Waals surface area contributed by atoms with Crippen LogP contribution in [0.25, 0.3) is 0 Å². The molecule has 1 fully saturated rings. The summed E-state index contributed by atoms with van der Waals surface area (Å²) in [5.74, 6) is -4.24. The van der Waals surface area contributed by atoms with Crippen LogP contribution in [0.4, 0.5) is 13.2 Å². The predicted molar refractivity (Wildman–Crippen MR) is 67.2 cm³/mol. The van der Waals surface area contributed by atoms with Gasteiger partial charge in [0.15, 0.2) is 5.60 Å². The summed E-state index contributed by atoms with van der Waals surface area (Å²) in [5, 5.41) is 0.142. The lowest BCUT2D eigenvalue weighted by Crippen LogP contribution is -2.34. The number of epoxide rings is 1. The van der Waals surface area contributed by atoms with E-state index >= 15 is 0 Å². The molecule has 6 heteroatoms. The molecule has 0 aliphatic carbocycles. The van der Waals surface area contributed by atoms with Gasteiger partial charge in [-0.05, 0) is 24.3 Å². The molecule has 0 amide bonds. The fraction of sp³-hybridized carbons (Fsp3) is 0.214. The van der Waals surface area contributed by atoms with Gasteiger partial charge in [0.05, 0.1) is 6.61 Å². The molecule has 1 aromatic carbocycles. The molecular formula is C14H9ClF3NO. The number of pyridine rings is 1. The molecule has 0 N–H and O–H groups in total. The van der Waals surface area contributed by atoms with Crippen molar-refractivity contribution in [2.75, 3.05) is 6.61 Å². The number of rotatable bonds is 3. The number of halogens is 4. The van der Waals surface area contributed by atoms with Gasteiger partial charge in [-0.2, -0.15) is 8.78 Å². The van der Waals surface area contributed by atoms with Crippen molar-refractivity contribution in [1.82, 2.24) is 4.98 Å². The lowest BCUT2D eigenvalue weighted by atomic mass is 9.90. The van der Waals surface area contributed by atoms with Crippen molar-refractivity contribution in [2.45, 2.75) is 11.5 Å². The van der Waals surface area contributed by atoms with Gasteiger partial charge < -0.3 is 4.74 Å². The molecule has 1 unspecified atom stereocenters. The standard InChI is InChI=1S/C14H9ClF3NO/c15-9-4-5-10(11(16)7-9)13(8-20-13)14(17,18)12-3-1-2-6-19-12/h1-7H,8H2. The van der Waals surface area contributed by atoms with Crippen LogP contribution in [0.3, 0.4) is 0 Å². The first-order valence-electron chi connectivity index (χ1n) is 5.86. The predicted octanol–water partition coefficient (Wildman–Crippen LogP) is 3.89. The summed E-state index contributed by atoms with van der Waals surface area (Å²) >= 11 is 5.64. The SMILES string of the molecule is Fc1cc(Cl)ccc1C1(C(F)(F)c2ccccn2)CO1. The van der Waals surface area contributed by atoms with Crippen molar-refractivity contribution in [3.63, 3.8) is 0 Å². The maximum absolute atomic E-state index is 14.6. The van der Waals surface area contributed by atoms with Crippen molar-refractivity contribution >= 4 is 11.6 Å². The number of alkyl halides is 2. The zero-order valence-electron chi connectivity index (χ0n) is 10.1. The van der Waals surface area contributed by atoms with Gasteiger partial charge in [-0.3, -0.25) is 4.98 Å². The average Bonchev–Trinajstić information content (AvgIpc) is 3.21. The minimum Gasteiger partial charge on any atom is -0.357 e. The van der Waals surface area contributed by atoms with E-state index in [1.165, 1.54) is 36.5 Å². The highest BCUT2D eigenvalue weighted by Crippen LogP contribution is 2.56. The molecule has 0 spiro atoms. The first-order chi connectivity index (χ1) is 9.47. The molecule has 0 saturated carbocycles. The quantitative estimate of drug-likeness (QED) is 0.803. The summed E-state index contributed by atoms with van der Waals surface area (Å²) < 4.78 is 48.0. The number of nitrogens with zero attached hydrogens (tertiary/aromatic N) is 1. The van der Waals surface area contributed by atoms with Gasteiger partial charge >= 0.3 is 5.92 Å². The summed E-state index contributed by atoms with van der Waals surface area (Å²) in [7, 11) is 0.